The van der Waals surface area contributed by atoms with Gasteiger partial charge in [0.25, 0.3) is 11.8 Å². The monoisotopic (exact) mass is 229 g/mol. The van der Waals surface area contributed by atoms with Crippen molar-refractivity contribution in [2.75, 3.05) is 4.90 Å². The maximum absolute atomic E-state index is 11.8. The summed E-state index contributed by atoms with van der Waals surface area (Å²) in [5.41, 5.74) is 2.26. The van der Waals surface area contributed by atoms with Crippen molar-refractivity contribution in [1.82, 2.24) is 0 Å². The Bertz CT molecular complexity index is 515. The van der Waals surface area contributed by atoms with Crippen LogP contribution in [0.2, 0.25) is 0 Å². The standard InChI is InChI=1S/C14H15NO2/c1-9(2)11-5-4-6-12(8-11)15-13(16)7-10(3)14(15)17/h4-9H,1-3H3. The second-order valence-corrected chi connectivity index (χ2v) is 4.56. The summed E-state index contributed by atoms with van der Waals surface area (Å²) in [7, 11) is 0. The maximum atomic E-state index is 11.8. The first kappa shape index (κ1) is 11.6. The quantitative estimate of drug-likeness (QED) is 0.731. The van der Waals surface area contributed by atoms with E-state index in [-0.39, 0.29) is 11.8 Å². The summed E-state index contributed by atoms with van der Waals surface area (Å²) in [5, 5.41) is 0. The smallest absolute Gasteiger partial charge is 0.261 e. The van der Waals surface area contributed by atoms with E-state index < -0.39 is 0 Å². The number of amides is 2. The molecule has 0 fully saturated rings. The number of carbonyl (C=O) groups excluding carboxylic acids is 2. The van der Waals surface area contributed by atoms with E-state index >= 15 is 0 Å². The van der Waals surface area contributed by atoms with Crippen molar-refractivity contribution in [3.8, 4) is 0 Å². The van der Waals surface area contributed by atoms with Crippen LogP contribution in [0.3, 0.4) is 0 Å². The molecule has 1 aliphatic heterocycles. The highest BCUT2D eigenvalue weighted by atomic mass is 16.2. The Balaban J connectivity index is 2.39. The van der Waals surface area contributed by atoms with Gasteiger partial charge in [0, 0.05) is 11.6 Å². The number of anilines is 1. The van der Waals surface area contributed by atoms with Crippen molar-refractivity contribution in [3.05, 3.63) is 41.5 Å². The Morgan fingerprint density at radius 1 is 1.18 bits per heavy atom. The first-order chi connectivity index (χ1) is 8.00. The summed E-state index contributed by atoms with van der Waals surface area (Å²) in [6.45, 7) is 5.82. The molecule has 0 spiro atoms. The Morgan fingerprint density at radius 2 is 1.88 bits per heavy atom. The Morgan fingerprint density at radius 3 is 2.41 bits per heavy atom. The molecule has 0 bridgehead atoms. The van der Waals surface area contributed by atoms with Crippen molar-refractivity contribution in [1.29, 1.82) is 0 Å². The van der Waals surface area contributed by atoms with Gasteiger partial charge in [0.05, 0.1) is 5.69 Å². The topological polar surface area (TPSA) is 37.4 Å². The van der Waals surface area contributed by atoms with E-state index in [9.17, 15) is 9.59 Å². The van der Waals surface area contributed by atoms with Crippen molar-refractivity contribution in [2.45, 2.75) is 26.7 Å². The fourth-order valence-corrected chi connectivity index (χ4v) is 1.86. The van der Waals surface area contributed by atoms with Crippen LogP contribution in [0.5, 0.6) is 0 Å². The predicted octanol–water partition coefficient (Wildman–Crippen LogP) is 2.63. The molecule has 0 radical (unpaired) electrons. The molecule has 1 heterocycles. The third-order valence-corrected chi connectivity index (χ3v) is 2.90. The van der Waals surface area contributed by atoms with Crippen LogP contribution in [-0.4, -0.2) is 11.8 Å². The Kier molecular flexibility index (Phi) is 2.84. The molecule has 0 unspecified atom stereocenters. The van der Waals surface area contributed by atoms with Crippen LogP contribution in [0.15, 0.2) is 35.9 Å². The highest BCUT2D eigenvalue weighted by Crippen LogP contribution is 2.25. The highest BCUT2D eigenvalue weighted by Gasteiger charge is 2.29. The van der Waals surface area contributed by atoms with Gasteiger partial charge < -0.3 is 0 Å². The van der Waals surface area contributed by atoms with Crippen LogP contribution < -0.4 is 4.90 Å². The summed E-state index contributed by atoms with van der Waals surface area (Å²) < 4.78 is 0. The number of rotatable bonds is 2. The normalized spacial score (nSPS) is 15.8. The van der Waals surface area contributed by atoms with Crippen LogP contribution in [0.1, 0.15) is 32.3 Å². The molecule has 0 atom stereocenters. The molecule has 2 amide bonds. The van der Waals surface area contributed by atoms with Crippen molar-refractivity contribution >= 4 is 17.5 Å². The zero-order valence-electron chi connectivity index (χ0n) is 10.2. The summed E-state index contributed by atoms with van der Waals surface area (Å²) in [4.78, 5) is 24.8. The number of imide groups is 1. The van der Waals surface area contributed by atoms with Crippen molar-refractivity contribution in [2.24, 2.45) is 0 Å². The molecule has 1 aromatic rings. The molecule has 88 valence electrons. The average Bonchev–Trinajstić information content (AvgIpc) is 2.53. The van der Waals surface area contributed by atoms with Crippen LogP contribution in [0.25, 0.3) is 0 Å². The number of benzene rings is 1. The van der Waals surface area contributed by atoms with E-state index in [1.54, 1.807) is 13.0 Å². The van der Waals surface area contributed by atoms with E-state index in [4.69, 9.17) is 0 Å². The van der Waals surface area contributed by atoms with Gasteiger partial charge in [-0.15, -0.1) is 0 Å². The SMILES string of the molecule is CC1=CC(=O)N(c2cccc(C(C)C)c2)C1=O. The van der Waals surface area contributed by atoms with Gasteiger partial charge in [0.2, 0.25) is 0 Å². The third kappa shape index (κ3) is 2.00. The van der Waals surface area contributed by atoms with Gasteiger partial charge in [-0.1, -0.05) is 26.0 Å². The molecule has 17 heavy (non-hydrogen) atoms. The fourth-order valence-electron chi connectivity index (χ4n) is 1.86. The second kappa shape index (κ2) is 4.17. The minimum absolute atomic E-state index is 0.226. The molecule has 1 aromatic carbocycles. The molecular weight excluding hydrogens is 214 g/mol. The predicted molar refractivity (Wildman–Crippen MR) is 66.8 cm³/mol. The Hall–Kier alpha value is -1.90. The molecule has 3 nitrogen and oxygen atoms in total. The van der Waals surface area contributed by atoms with Gasteiger partial charge in [0.1, 0.15) is 0 Å². The summed E-state index contributed by atoms with van der Waals surface area (Å²) in [6.07, 6.45) is 1.38. The molecule has 3 heteroatoms. The van der Waals surface area contributed by atoms with E-state index in [1.807, 2.05) is 18.2 Å². The lowest BCUT2D eigenvalue weighted by molar-refractivity contribution is -0.120. The molecule has 0 N–H and O–H groups in total. The van der Waals surface area contributed by atoms with Gasteiger partial charge in [-0.25, -0.2) is 4.90 Å². The van der Waals surface area contributed by atoms with Gasteiger partial charge in [-0.2, -0.15) is 0 Å². The van der Waals surface area contributed by atoms with Crippen LogP contribution in [0.4, 0.5) is 5.69 Å². The number of hydrogen-bond acceptors (Lipinski definition) is 2. The minimum Gasteiger partial charge on any atom is -0.269 e. The molecule has 0 saturated heterocycles. The lowest BCUT2D eigenvalue weighted by Gasteiger charge is -2.16. The molecule has 1 aliphatic rings. The zero-order valence-corrected chi connectivity index (χ0v) is 10.2. The molecule has 0 saturated carbocycles. The summed E-state index contributed by atoms with van der Waals surface area (Å²) in [5.74, 6) is -0.110. The summed E-state index contributed by atoms with van der Waals surface area (Å²) >= 11 is 0. The van der Waals surface area contributed by atoms with E-state index in [2.05, 4.69) is 13.8 Å². The van der Waals surface area contributed by atoms with E-state index in [0.29, 0.717) is 17.2 Å². The molecular formula is C14H15NO2. The van der Waals surface area contributed by atoms with Crippen LogP contribution in [0, 0.1) is 0 Å². The van der Waals surface area contributed by atoms with E-state index in [1.165, 1.54) is 11.0 Å². The highest BCUT2D eigenvalue weighted by molar-refractivity contribution is 6.30. The summed E-state index contributed by atoms with van der Waals surface area (Å²) in [6, 6.07) is 7.55. The Labute approximate surface area is 101 Å². The lowest BCUT2D eigenvalue weighted by Crippen LogP contribution is -2.30. The van der Waals surface area contributed by atoms with Gasteiger partial charge >= 0.3 is 0 Å². The minimum atomic E-state index is -0.256. The molecule has 0 aromatic heterocycles. The van der Waals surface area contributed by atoms with Gasteiger partial charge in [0.15, 0.2) is 0 Å². The van der Waals surface area contributed by atoms with Crippen molar-refractivity contribution in [3.63, 3.8) is 0 Å². The maximum Gasteiger partial charge on any atom is 0.261 e. The largest absolute Gasteiger partial charge is 0.269 e. The van der Waals surface area contributed by atoms with Crippen molar-refractivity contribution < 1.29 is 9.59 Å². The first-order valence-electron chi connectivity index (χ1n) is 5.67. The lowest BCUT2D eigenvalue weighted by atomic mass is 10.0. The van der Waals surface area contributed by atoms with Crippen LogP contribution >= 0.6 is 0 Å². The zero-order chi connectivity index (χ0) is 12.6. The fraction of sp³-hybridized carbons (Fsp3) is 0.286. The van der Waals surface area contributed by atoms with Gasteiger partial charge in [-0.3, -0.25) is 9.59 Å². The van der Waals surface area contributed by atoms with Crippen LogP contribution in [-0.2, 0) is 9.59 Å². The third-order valence-electron chi connectivity index (χ3n) is 2.90. The second-order valence-electron chi connectivity index (χ2n) is 4.56. The first-order valence-corrected chi connectivity index (χ1v) is 5.67. The number of nitrogens with zero attached hydrogens (tertiary/aromatic N) is 1. The average molecular weight is 229 g/mol. The molecule has 2 rings (SSSR count). The molecule has 0 aliphatic carbocycles. The van der Waals surface area contributed by atoms with E-state index in [0.717, 1.165) is 5.56 Å². The number of hydrogen-bond donors (Lipinski definition) is 0. The number of carbonyl (C=O) groups is 2. The van der Waals surface area contributed by atoms with Gasteiger partial charge in [-0.05, 0) is 30.5 Å².